The Bertz CT molecular complexity index is 590. The average Bonchev–Trinajstić information content (AvgIpc) is 2.44. The van der Waals surface area contributed by atoms with Crippen molar-refractivity contribution in [3.05, 3.63) is 64.7 Å². The van der Waals surface area contributed by atoms with E-state index in [1.54, 1.807) is 18.2 Å². The summed E-state index contributed by atoms with van der Waals surface area (Å²) in [6.45, 7) is 0.578. The molecule has 0 bridgehead atoms. The van der Waals surface area contributed by atoms with Gasteiger partial charge in [-0.15, -0.1) is 0 Å². The molecule has 0 fully saturated rings. The van der Waals surface area contributed by atoms with Crippen LogP contribution in [-0.4, -0.2) is 11.8 Å². The van der Waals surface area contributed by atoms with Crippen LogP contribution in [0.5, 0.6) is 5.75 Å². The third kappa shape index (κ3) is 3.93. The summed E-state index contributed by atoms with van der Waals surface area (Å²) in [5.41, 5.74) is 7.25. The molecule has 0 atom stereocenters. The largest absolute Gasteiger partial charge is 0.467 e. The Morgan fingerprint density at radius 1 is 1.10 bits per heavy atom. The highest BCUT2D eigenvalue weighted by atomic mass is 35.5. The Hall–Kier alpha value is -1.62. The van der Waals surface area contributed by atoms with Gasteiger partial charge in [0.2, 0.25) is 0 Å². The molecule has 2 aromatic carbocycles. The van der Waals surface area contributed by atoms with Gasteiger partial charge in [0.25, 0.3) is 0 Å². The fraction of sp³-hybridized carbons (Fsp3) is 0.133. The highest BCUT2D eigenvalue weighted by molar-refractivity contribution is 7.80. The minimum atomic E-state index is 0.102. The minimum absolute atomic E-state index is 0.102. The summed E-state index contributed by atoms with van der Waals surface area (Å²) >= 11 is 11.0. The van der Waals surface area contributed by atoms with Crippen LogP contribution in [0.2, 0.25) is 5.02 Å². The van der Waals surface area contributed by atoms with Crippen molar-refractivity contribution in [1.29, 1.82) is 0 Å². The lowest BCUT2D eigenvalue weighted by molar-refractivity contribution is 0.00497. The van der Waals surface area contributed by atoms with Gasteiger partial charge in [0.05, 0.1) is 17.2 Å². The maximum atomic E-state index is 6.04. The van der Waals surface area contributed by atoms with Crippen molar-refractivity contribution in [3.8, 4) is 5.75 Å². The summed E-state index contributed by atoms with van der Waals surface area (Å²) in [7, 11) is 0. The first-order valence-electron chi connectivity index (χ1n) is 6.01. The summed E-state index contributed by atoms with van der Waals surface area (Å²) < 4.78 is 11.0. The molecule has 0 amide bonds. The van der Waals surface area contributed by atoms with Crippen LogP contribution in [0.25, 0.3) is 0 Å². The van der Waals surface area contributed by atoms with Gasteiger partial charge in [-0.25, -0.2) is 0 Å². The van der Waals surface area contributed by atoms with Crippen LogP contribution in [0.1, 0.15) is 11.1 Å². The number of halogens is 1. The van der Waals surface area contributed by atoms with Crippen molar-refractivity contribution in [3.63, 3.8) is 0 Å². The molecule has 104 valence electrons. The van der Waals surface area contributed by atoms with Crippen LogP contribution in [0.3, 0.4) is 0 Å². The van der Waals surface area contributed by atoms with E-state index >= 15 is 0 Å². The molecular weight excluding hydrogens is 294 g/mol. The van der Waals surface area contributed by atoms with E-state index < -0.39 is 0 Å². The topological polar surface area (TPSA) is 44.5 Å². The Morgan fingerprint density at radius 2 is 1.85 bits per heavy atom. The number of hydrogen-bond donors (Lipinski definition) is 1. The fourth-order valence-corrected chi connectivity index (χ4v) is 2.24. The van der Waals surface area contributed by atoms with Crippen LogP contribution in [-0.2, 0) is 11.3 Å². The first-order valence-corrected chi connectivity index (χ1v) is 6.80. The Morgan fingerprint density at radius 3 is 2.55 bits per heavy atom. The van der Waals surface area contributed by atoms with E-state index in [0.717, 1.165) is 5.56 Å². The van der Waals surface area contributed by atoms with Gasteiger partial charge >= 0.3 is 0 Å². The zero-order valence-electron chi connectivity index (χ0n) is 10.7. The van der Waals surface area contributed by atoms with Gasteiger partial charge in [0.1, 0.15) is 10.7 Å². The smallest absolute Gasteiger partial charge is 0.189 e. The molecule has 20 heavy (non-hydrogen) atoms. The second kappa shape index (κ2) is 7.24. The number of ether oxygens (including phenoxy) is 2. The van der Waals surface area contributed by atoms with Gasteiger partial charge in [-0.05, 0) is 17.7 Å². The summed E-state index contributed by atoms with van der Waals surface area (Å²) in [5.74, 6) is 0.526. The van der Waals surface area contributed by atoms with E-state index in [-0.39, 0.29) is 11.8 Å². The number of hydrogen-bond acceptors (Lipinski definition) is 3. The molecule has 0 saturated carbocycles. The fourth-order valence-electron chi connectivity index (χ4n) is 1.70. The maximum absolute atomic E-state index is 6.04. The molecule has 0 spiro atoms. The summed E-state index contributed by atoms with van der Waals surface area (Å²) in [5, 5.41) is 0.470. The molecule has 0 heterocycles. The lowest BCUT2D eigenvalue weighted by Gasteiger charge is -2.12. The van der Waals surface area contributed by atoms with Crippen molar-refractivity contribution in [2.24, 2.45) is 5.73 Å². The first kappa shape index (κ1) is 14.8. The van der Waals surface area contributed by atoms with Crippen molar-refractivity contribution in [2.45, 2.75) is 6.61 Å². The highest BCUT2D eigenvalue weighted by Crippen LogP contribution is 2.26. The molecular formula is C15H14ClNO2S. The van der Waals surface area contributed by atoms with Crippen molar-refractivity contribution in [2.75, 3.05) is 6.79 Å². The summed E-state index contributed by atoms with van der Waals surface area (Å²) in [6, 6.07) is 15.1. The molecule has 2 rings (SSSR count). The lowest BCUT2D eigenvalue weighted by atomic mass is 10.2. The normalized spacial score (nSPS) is 10.2. The van der Waals surface area contributed by atoms with Gasteiger partial charge in [-0.2, -0.15) is 0 Å². The number of benzene rings is 2. The Kier molecular flexibility index (Phi) is 5.35. The monoisotopic (exact) mass is 307 g/mol. The molecule has 0 saturated heterocycles. The average molecular weight is 308 g/mol. The predicted octanol–water partition coefficient (Wildman–Crippen LogP) is 3.53. The Balaban J connectivity index is 1.92. The van der Waals surface area contributed by atoms with E-state index in [0.29, 0.717) is 22.9 Å². The molecule has 2 aromatic rings. The van der Waals surface area contributed by atoms with Gasteiger partial charge in [-0.3, -0.25) is 0 Å². The number of thiocarbonyl (C=S) groups is 1. The molecule has 0 aliphatic heterocycles. The van der Waals surface area contributed by atoms with Crippen molar-refractivity contribution >= 4 is 28.8 Å². The molecule has 0 radical (unpaired) electrons. The van der Waals surface area contributed by atoms with E-state index in [4.69, 9.17) is 39.0 Å². The molecule has 2 N–H and O–H groups in total. The second-order valence-electron chi connectivity index (χ2n) is 4.07. The number of rotatable bonds is 6. The maximum Gasteiger partial charge on any atom is 0.189 e. The zero-order chi connectivity index (χ0) is 14.4. The third-order valence-corrected chi connectivity index (χ3v) is 3.15. The SMILES string of the molecule is NC(=S)c1c(Cl)cccc1OCOCc1ccccc1. The first-order chi connectivity index (χ1) is 9.68. The van der Waals surface area contributed by atoms with E-state index in [2.05, 4.69) is 0 Å². The molecule has 0 aliphatic carbocycles. The molecule has 0 aromatic heterocycles. The molecule has 5 heteroatoms. The van der Waals surface area contributed by atoms with E-state index in [1.165, 1.54) is 0 Å². The van der Waals surface area contributed by atoms with Crippen LogP contribution in [0, 0.1) is 0 Å². The zero-order valence-corrected chi connectivity index (χ0v) is 12.3. The van der Waals surface area contributed by atoms with E-state index in [9.17, 15) is 0 Å². The van der Waals surface area contributed by atoms with Gasteiger partial charge in [0.15, 0.2) is 6.79 Å². The summed E-state index contributed by atoms with van der Waals surface area (Å²) in [4.78, 5) is 0.202. The van der Waals surface area contributed by atoms with E-state index in [1.807, 2.05) is 30.3 Å². The van der Waals surface area contributed by atoms with Crippen LogP contribution < -0.4 is 10.5 Å². The van der Waals surface area contributed by atoms with Crippen molar-refractivity contribution < 1.29 is 9.47 Å². The summed E-state index contributed by atoms with van der Waals surface area (Å²) in [6.07, 6.45) is 0. The van der Waals surface area contributed by atoms with Crippen LogP contribution in [0.4, 0.5) is 0 Å². The third-order valence-electron chi connectivity index (χ3n) is 2.63. The van der Waals surface area contributed by atoms with Gasteiger partial charge < -0.3 is 15.2 Å². The minimum Gasteiger partial charge on any atom is -0.467 e. The van der Waals surface area contributed by atoms with Crippen LogP contribution in [0.15, 0.2) is 48.5 Å². The predicted molar refractivity (Wildman–Crippen MR) is 84.1 cm³/mol. The van der Waals surface area contributed by atoms with Gasteiger partial charge in [-0.1, -0.05) is 60.2 Å². The van der Waals surface area contributed by atoms with Gasteiger partial charge in [0, 0.05) is 0 Å². The van der Waals surface area contributed by atoms with Crippen molar-refractivity contribution in [1.82, 2.24) is 0 Å². The second-order valence-corrected chi connectivity index (χ2v) is 4.92. The lowest BCUT2D eigenvalue weighted by Crippen LogP contribution is -2.13. The molecule has 0 unspecified atom stereocenters. The number of nitrogens with two attached hydrogens (primary N) is 1. The Labute approximate surface area is 128 Å². The molecule has 0 aliphatic rings. The highest BCUT2D eigenvalue weighted by Gasteiger charge is 2.10. The van der Waals surface area contributed by atoms with Crippen LogP contribution >= 0.6 is 23.8 Å². The standard InChI is InChI=1S/C15H14ClNO2S/c16-12-7-4-8-13(14(12)15(17)20)19-10-18-9-11-5-2-1-3-6-11/h1-8H,9-10H2,(H2,17,20). The quantitative estimate of drug-likeness (QED) is 0.504. The molecule has 3 nitrogen and oxygen atoms in total.